The molecule has 0 aliphatic carbocycles. The molecule has 1 fully saturated rings. The fraction of sp³-hybridized carbons (Fsp3) is 0.429. The second-order valence-electron chi connectivity index (χ2n) is 5.27. The number of amides is 2. The van der Waals surface area contributed by atoms with Gasteiger partial charge in [0.1, 0.15) is 5.75 Å². The Bertz CT molecular complexity index is 653. The molecule has 1 heterocycles. The third-order valence-corrected chi connectivity index (χ3v) is 3.98. The highest BCUT2D eigenvalue weighted by atomic mass is 35.5. The van der Waals surface area contributed by atoms with Gasteiger partial charge in [-0.1, -0.05) is 11.6 Å². The van der Waals surface area contributed by atoms with Crippen LogP contribution in [0, 0.1) is 11.8 Å². The van der Waals surface area contributed by atoms with Gasteiger partial charge in [0, 0.05) is 18.1 Å². The van der Waals surface area contributed by atoms with Crippen LogP contribution in [-0.2, 0) is 4.79 Å². The second-order valence-corrected chi connectivity index (χ2v) is 5.71. The van der Waals surface area contributed by atoms with Gasteiger partial charge >= 0.3 is 18.2 Å². The predicted molar refractivity (Wildman–Crippen MR) is 79.3 cm³/mol. The van der Waals surface area contributed by atoms with E-state index in [0.29, 0.717) is 5.02 Å². The zero-order valence-electron chi connectivity index (χ0n) is 12.4. The quantitative estimate of drug-likeness (QED) is 0.861. The lowest BCUT2D eigenvalue weighted by Gasteiger charge is -2.19. The summed E-state index contributed by atoms with van der Waals surface area (Å²) in [5.41, 5.74) is 0.178. The number of hydrogen-bond donors (Lipinski definition) is 2. The van der Waals surface area contributed by atoms with Crippen LogP contribution in [0.25, 0.3) is 0 Å². The summed E-state index contributed by atoms with van der Waals surface area (Å²) in [7, 11) is 1.36. The van der Waals surface area contributed by atoms with Gasteiger partial charge in [0.15, 0.2) is 0 Å². The summed E-state index contributed by atoms with van der Waals surface area (Å²) in [5.74, 6) is -5.12. The van der Waals surface area contributed by atoms with Crippen molar-refractivity contribution in [2.45, 2.75) is 6.18 Å². The van der Waals surface area contributed by atoms with Gasteiger partial charge in [-0.25, -0.2) is 4.79 Å². The smallest absolute Gasteiger partial charge is 0.394 e. The number of likely N-dealkylation sites (tertiary alicyclic amines) is 1. The van der Waals surface area contributed by atoms with Crippen LogP contribution in [0.2, 0.25) is 5.02 Å². The minimum absolute atomic E-state index is 0.178. The third-order valence-electron chi connectivity index (χ3n) is 3.75. The predicted octanol–water partition coefficient (Wildman–Crippen LogP) is 3.08. The second kappa shape index (κ2) is 6.76. The molecule has 132 valence electrons. The van der Waals surface area contributed by atoms with Gasteiger partial charge in [-0.3, -0.25) is 4.79 Å². The largest absolute Gasteiger partial charge is 0.495 e. The molecule has 0 radical (unpaired) electrons. The monoisotopic (exact) mass is 366 g/mol. The molecule has 1 aromatic carbocycles. The van der Waals surface area contributed by atoms with Crippen molar-refractivity contribution in [3.63, 3.8) is 0 Å². The number of carbonyl (C=O) groups is 2. The number of ether oxygens (including phenoxy) is 1. The minimum Gasteiger partial charge on any atom is -0.495 e. The first kappa shape index (κ1) is 18.2. The number of methoxy groups -OCH3 is 1. The van der Waals surface area contributed by atoms with Crippen LogP contribution in [0.1, 0.15) is 0 Å². The highest BCUT2D eigenvalue weighted by Crippen LogP contribution is 2.38. The summed E-state index contributed by atoms with van der Waals surface area (Å²) in [6, 6.07) is 3.53. The number of carboxylic acid groups (broad SMARTS) is 1. The Labute approximate surface area is 140 Å². The lowest BCUT2D eigenvalue weighted by atomic mass is 9.96. The van der Waals surface area contributed by atoms with Gasteiger partial charge < -0.3 is 20.1 Å². The van der Waals surface area contributed by atoms with Crippen LogP contribution in [0.4, 0.5) is 23.7 Å². The van der Waals surface area contributed by atoms with E-state index >= 15 is 0 Å². The van der Waals surface area contributed by atoms with Crippen molar-refractivity contribution in [3.05, 3.63) is 23.2 Å². The van der Waals surface area contributed by atoms with Crippen molar-refractivity contribution in [3.8, 4) is 5.75 Å². The highest BCUT2D eigenvalue weighted by molar-refractivity contribution is 6.31. The van der Waals surface area contributed by atoms with E-state index < -0.39 is 43.1 Å². The summed E-state index contributed by atoms with van der Waals surface area (Å²) in [6.07, 6.45) is -4.70. The van der Waals surface area contributed by atoms with Gasteiger partial charge in [-0.05, 0) is 18.2 Å². The maximum absolute atomic E-state index is 12.9. The maximum atomic E-state index is 12.9. The molecule has 1 saturated heterocycles. The molecule has 2 rings (SSSR count). The topological polar surface area (TPSA) is 78.9 Å². The van der Waals surface area contributed by atoms with Crippen molar-refractivity contribution in [1.82, 2.24) is 4.90 Å². The fourth-order valence-corrected chi connectivity index (χ4v) is 2.70. The van der Waals surface area contributed by atoms with Gasteiger partial charge in [0.05, 0.1) is 24.6 Å². The van der Waals surface area contributed by atoms with E-state index in [1.54, 1.807) is 0 Å². The molecule has 2 N–H and O–H groups in total. The number of carbonyl (C=O) groups excluding carboxylic acids is 1. The zero-order valence-corrected chi connectivity index (χ0v) is 13.2. The number of urea groups is 1. The van der Waals surface area contributed by atoms with Crippen molar-refractivity contribution < 1.29 is 32.6 Å². The van der Waals surface area contributed by atoms with Crippen LogP contribution in [-0.4, -0.2) is 48.4 Å². The number of anilines is 1. The van der Waals surface area contributed by atoms with Gasteiger partial charge in [0.25, 0.3) is 0 Å². The number of hydrogen-bond acceptors (Lipinski definition) is 3. The lowest BCUT2D eigenvalue weighted by Crippen LogP contribution is -2.35. The van der Waals surface area contributed by atoms with Crippen molar-refractivity contribution in [2.24, 2.45) is 11.8 Å². The van der Waals surface area contributed by atoms with E-state index in [2.05, 4.69) is 5.32 Å². The fourth-order valence-electron chi connectivity index (χ4n) is 2.52. The molecule has 0 aromatic heterocycles. The molecule has 1 aliphatic heterocycles. The van der Waals surface area contributed by atoms with Gasteiger partial charge in [-0.15, -0.1) is 0 Å². The molecule has 2 atom stereocenters. The number of benzene rings is 1. The molecule has 1 aromatic rings. The van der Waals surface area contributed by atoms with E-state index in [0.717, 1.165) is 4.90 Å². The first-order valence-electron chi connectivity index (χ1n) is 6.82. The Morgan fingerprint density at radius 3 is 2.54 bits per heavy atom. The molecule has 1 aliphatic rings. The van der Waals surface area contributed by atoms with E-state index in [9.17, 15) is 22.8 Å². The van der Waals surface area contributed by atoms with Crippen molar-refractivity contribution in [2.75, 3.05) is 25.5 Å². The van der Waals surface area contributed by atoms with Crippen LogP contribution in [0.15, 0.2) is 18.2 Å². The molecule has 10 heteroatoms. The number of halogens is 4. The van der Waals surface area contributed by atoms with Crippen LogP contribution < -0.4 is 10.1 Å². The highest BCUT2D eigenvalue weighted by Gasteiger charge is 2.53. The SMILES string of the molecule is COc1ccc(Cl)cc1NC(=O)N1C[C@@H](C(F)(F)F)[C@H](C(=O)O)C1. The normalized spacial score (nSPS) is 20.8. The van der Waals surface area contributed by atoms with E-state index in [1.807, 2.05) is 0 Å². The van der Waals surface area contributed by atoms with Crippen molar-refractivity contribution in [1.29, 1.82) is 0 Å². The summed E-state index contributed by atoms with van der Waals surface area (Å²) < 4.78 is 43.9. The molecule has 2 amide bonds. The van der Waals surface area contributed by atoms with Crippen molar-refractivity contribution >= 4 is 29.3 Å². The summed E-state index contributed by atoms with van der Waals surface area (Å²) in [4.78, 5) is 24.0. The lowest BCUT2D eigenvalue weighted by molar-refractivity contribution is -0.187. The number of rotatable bonds is 3. The first-order chi connectivity index (χ1) is 11.1. The van der Waals surface area contributed by atoms with E-state index in [-0.39, 0.29) is 11.4 Å². The van der Waals surface area contributed by atoms with Gasteiger partial charge in [0.2, 0.25) is 0 Å². The molecule has 6 nitrogen and oxygen atoms in total. The molecular weight excluding hydrogens is 353 g/mol. The Morgan fingerprint density at radius 2 is 2.04 bits per heavy atom. The molecule has 0 saturated carbocycles. The average Bonchev–Trinajstić information content (AvgIpc) is 2.93. The molecule has 24 heavy (non-hydrogen) atoms. The minimum atomic E-state index is -4.70. The zero-order chi connectivity index (χ0) is 18.1. The standard InChI is InChI=1S/C14H14ClF3N2O4/c1-24-11-3-2-7(15)4-10(11)19-13(23)20-5-8(12(21)22)9(6-20)14(16,17)18/h2-4,8-9H,5-6H2,1H3,(H,19,23)(H,21,22)/t8-,9-/m1/s1. The number of carboxylic acids is 1. The molecular formula is C14H14ClF3N2O4. The Kier molecular flexibility index (Phi) is 5.12. The van der Waals surface area contributed by atoms with E-state index in [1.165, 1.54) is 25.3 Å². The Morgan fingerprint density at radius 1 is 1.38 bits per heavy atom. The summed E-state index contributed by atoms with van der Waals surface area (Å²) >= 11 is 5.82. The van der Waals surface area contributed by atoms with Crippen LogP contribution in [0.3, 0.4) is 0 Å². The summed E-state index contributed by atoms with van der Waals surface area (Å²) in [5, 5.41) is 11.6. The van der Waals surface area contributed by atoms with Crippen LogP contribution >= 0.6 is 11.6 Å². The number of alkyl halides is 3. The van der Waals surface area contributed by atoms with E-state index in [4.69, 9.17) is 21.4 Å². The van der Waals surface area contributed by atoms with Gasteiger partial charge in [-0.2, -0.15) is 13.2 Å². The number of nitrogens with zero attached hydrogens (tertiary/aromatic N) is 1. The molecule has 0 bridgehead atoms. The Hall–Kier alpha value is -2.16. The number of nitrogens with one attached hydrogen (secondary N) is 1. The average molecular weight is 367 g/mol. The maximum Gasteiger partial charge on any atom is 0.394 e. The first-order valence-corrected chi connectivity index (χ1v) is 7.20. The third kappa shape index (κ3) is 3.84. The summed E-state index contributed by atoms with van der Waals surface area (Å²) in [6.45, 7) is -1.26. The Balaban J connectivity index is 2.16. The van der Waals surface area contributed by atoms with Crippen LogP contribution in [0.5, 0.6) is 5.75 Å². The molecule has 0 unspecified atom stereocenters. The number of aliphatic carboxylic acids is 1. The molecule has 0 spiro atoms.